The Hall–Kier alpha value is -2.61. The molecule has 0 unspecified atom stereocenters. The number of hydrogen-bond donors (Lipinski definition) is 1. The van der Waals surface area contributed by atoms with Crippen molar-refractivity contribution in [3.8, 4) is 16.9 Å². The summed E-state index contributed by atoms with van der Waals surface area (Å²) < 4.78 is 13.7. The molecule has 0 amide bonds. The molecule has 1 aliphatic carbocycles. The van der Waals surface area contributed by atoms with Crippen LogP contribution in [-0.2, 0) is 0 Å². The van der Waals surface area contributed by atoms with E-state index in [1.165, 1.54) is 34.4 Å². The Morgan fingerprint density at radius 1 is 0.762 bits per heavy atom. The fourth-order valence-electron chi connectivity index (χ4n) is 3.22. The first-order valence-corrected chi connectivity index (χ1v) is 6.92. The van der Waals surface area contributed by atoms with Crippen LogP contribution in [0, 0.1) is 5.82 Å². The van der Waals surface area contributed by atoms with Gasteiger partial charge in [0.2, 0.25) is 0 Å². The van der Waals surface area contributed by atoms with Gasteiger partial charge in [-0.05, 0) is 39.9 Å². The molecule has 0 atom stereocenters. The molecule has 3 aromatic rings. The first-order valence-electron chi connectivity index (χ1n) is 6.92. The van der Waals surface area contributed by atoms with E-state index >= 15 is 0 Å². The van der Waals surface area contributed by atoms with Gasteiger partial charge in [0.25, 0.3) is 0 Å². The minimum Gasteiger partial charge on any atom is -0.505 e. The molecule has 0 fully saturated rings. The molecule has 0 saturated heterocycles. The molecule has 0 saturated carbocycles. The van der Waals surface area contributed by atoms with Crippen LogP contribution in [0.15, 0.2) is 66.7 Å². The van der Waals surface area contributed by atoms with Crippen LogP contribution in [-0.4, -0.2) is 5.11 Å². The van der Waals surface area contributed by atoms with Crippen LogP contribution in [0.2, 0.25) is 0 Å². The van der Waals surface area contributed by atoms with E-state index in [4.69, 9.17) is 0 Å². The van der Waals surface area contributed by atoms with E-state index in [9.17, 15) is 9.50 Å². The summed E-state index contributed by atoms with van der Waals surface area (Å²) in [7, 11) is 0. The Balaban J connectivity index is 1.98. The number of fused-ring (bicyclic) bond motifs is 3. The van der Waals surface area contributed by atoms with Crippen molar-refractivity contribution in [2.24, 2.45) is 0 Å². The molecule has 3 aromatic carbocycles. The molecule has 0 aromatic heterocycles. The van der Waals surface area contributed by atoms with Crippen LogP contribution < -0.4 is 0 Å². The van der Waals surface area contributed by atoms with E-state index in [1.54, 1.807) is 6.07 Å². The van der Waals surface area contributed by atoms with Gasteiger partial charge in [-0.2, -0.15) is 0 Å². The minimum atomic E-state index is -0.575. The number of phenolic OH excluding ortho intramolecular Hbond substituents is 1. The number of rotatable bonds is 1. The monoisotopic (exact) mass is 276 g/mol. The maximum atomic E-state index is 13.7. The van der Waals surface area contributed by atoms with E-state index in [0.29, 0.717) is 0 Å². The van der Waals surface area contributed by atoms with E-state index < -0.39 is 5.82 Å². The average Bonchev–Trinajstić information content (AvgIpc) is 2.85. The fraction of sp³-hybridized carbons (Fsp3) is 0.0526. The van der Waals surface area contributed by atoms with Crippen LogP contribution in [0.25, 0.3) is 11.1 Å². The lowest BCUT2D eigenvalue weighted by Gasteiger charge is -2.14. The van der Waals surface area contributed by atoms with Crippen molar-refractivity contribution in [1.82, 2.24) is 0 Å². The Bertz CT molecular complexity index is 793. The van der Waals surface area contributed by atoms with Gasteiger partial charge in [0, 0.05) is 5.92 Å². The third-order valence-electron chi connectivity index (χ3n) is 4.14. The number of phenols is 1. The van der Waals surface area contributed by atoms with Crippen molar-refractivity contribution in [3.63, 3.8) is 0 Å². The summed E-state index contributed by atoms with van der Waals surface area (Å²) in [6.07, 6.45) is 0. The smallest absolute Gasteiger partial charge is 0.165 e. The zero-order chi connectivity index (χ0) is 14.4. The second-order valence-corrected chi connectivity index (χ2v) is 5.32. The summed E-state index contributed by atoms with van der Waals surface area (Å²) in [6, 6.07) is 21.1. The molecule has 102 valence electrons. The summed E-state index contributed by atoms with van der Waals surface area (Å²) in [4.78, 5) is 0. The van der Waals surface area contributed by atoms with Crippen molar-refractivity contribution in [2.75, 3.05) is 0 Å². The van der Waals surface area contributed by atoms with Crippen LogP contribution in [0.4, 0.5) is 4.39 Å². The maximum Gasteiger partial charge on any atom is 0.165 e. The Kier molecular flexibility index (Phi) is 2.58. The molecular formula is C19H13FO. The maximum absolute atomic E-state index is 13.7. The second-order valence-electron chi connectivity index (χ2n) is 5.32. The minimum absolute atomic E-state index is 0.0208. The molecule has 1 aliphatic rings. The first-order chi connectivity index (χ1) is 10.3. The zero-order valence-corrected chi connectivity index (χ0v) is 11.3. The highest BCUT2D eigenvalue weighted by molar-refractivity contribution is 5.80. The van der Waals surface area contributed by atoms with E-state index in [-0.39, 0.29) is 11.7 Å². The summed E-state index contributed by atoms with van der Waals surface area (Å²) in [5, 5.41) is 9.40. The van der Waals surface area contributed by atoms with Crippen LogP contribution >= 0.6 is 0 Å². The molecular weight excluding hydrogens is 263 g/mol. The zero-order valence-electron chi connectivity index (χ0n) is 11.3. The lowest BCUT2D eigenvalue weighted by molar-refractivity contribution is 0.431. The Morgan fingerprint density at radius 2 is 1.33 bits per heavy atom. The molecule has 0 bridgehead atoms. The number of halogens is 1. The van der Waals surface area contributed by atoms with Crippen LogP contribution in [0.3, 0.4) is 0 Å². The molecule has 2 heteroatoms. The molecule has 21 heavy (non-hydrogen) atoms. The number of hydrogen-bond acceptors (Lipinski definition) is 1. The van der Waals surface area contributed by atoms with Gasteiger partial charge in [0.05, 0.1) is 0 Å². The third-order valence-corrected chi connectivity index (χ3v) is 4.14. The number of aromatic hydroxyl groups is 1. The van der Waals surface area contributed by atoms with Gasteiger partial charge in [-0.25, -0.2) is 4.39 Å². The van der Waals surface area contributed by atoms with Gasteiger partial charge in [0.1, 0.15) is 0 Å². The summed E-state index contributed by atoms with van der Waals surface area (Å²) in [5.74, 6) is -0.861. The van der Waals surface area contributed by atoms with Gasteiger partial charge >= 0.3 is 0 Å². The largest absolute Gasteiger partial charge is 0.505 e. The van der Waals surface area contributed by atoms with E-state index in [0.717, 1.165) is 5.56 Å². The highest BCUT2D eigenvalue weighted by Crippen LogP contribution is 2.47. The predicted octanol–water partition coefficient (Wildman–Crippen LogP) is 4.69. The van der Waals surface area contributed by atoms with Crippen molar-refractivity contribution < 1.29 is 9.50 Å². The van der Waals surface area contributed by atoms with Gasteiger partial charge in [-0.1, -0.05) is 54.6 Å². The van der Waals surface area contributed by atoms with Crippen molar-refractivity contribution in [2.45, 2.75) is 5.92 Å². The first kappa shape index (κ1) is 12.2. The van der Waals surface area contributed by atoms with E-state index in [2.05, 4.69) is 24.3 Å². The van der Waals surface area contributed by atoms with Crippen molar-refractivity contribution in [1.29, 1.82) is 0 Å². The lowest BCUT2D eigenvalue weighted by atomic mass is 9.89. The molecule has 0 spiro atoms. The molecule has 0 aliphatic heterocycles. The van der Waals surface area contributed by atoms with Crippen molar-refractivity contribution in [3.05, 3.63) is 89.2 Å². The Labute approximate surface area is 122 Å². The Morgan fingerprint density at radius 3 is 1.90 bits per heavy atom. The highest BCUT2D eigenvalue weighted by atomic mass is 19.1. The molecule has 0 radical (unpaired) electrons. The molecule has 0 heterocycles. The molecule has 1 nitrogen and oxygen atoms in total. The molecule has 1 N–H and O–H groups in total. The van der Waals surface area contributed by atoms with Crippen LogP contribution in [0.5, 0.6) is 5.75 Å². The molecule has 4 rings (SSSR count). The summed E-state index contributed by atoms with van der Waals surface area (Å²) in [6.45, 7) is 0. The van der Waals surface area contributed by atoms with Crippen molar-refractivity contribution >= 4 is 0 Å². The standard InChI is InChI=1S/C19H13FO/c20-17-11-12(9-10-18(17)21)19-15-7-3-1-5-13(15)14-6-2-4-8-16(14)19/h1-11,19,21H. The lowest BCUT2D eigenvalue weighted by Crippen LogP contribution is -1.99. The van der Waals surface area contributed by atoms with Gasteiger partial charge in [-0.15, -0.1) is 0 Å². The highest BCUT2D eigenvalue weighted by Gasteiger charge is 2.29. The summed E-state index contributed by atoms with van der Waals surface area (Å²) in [5.41, 5.74) is 5.63. The fourth-order valence-corrected chi connectivity index (χ4v) is 3.22. The van der Waals surface area contributed by atoms with Gasteiger partial charge in [-0.3, -0.25) is 0 Å². The SMILES string of the molecule is Oc1ccc(C2c3ccccc3-c3ccccc32)cc1F. The van der Waals surface area contributed by atoms with E-state index in [1.807, 2.05) is 24.3 Å². The van der Waals surface area contributed by atoms with Gasteiger partial charge in [0.15, 0.2) is 11.6 Å². The topological polar surface area (TPSA) is 20.2 Å². The van der Waals surface area contributed by atoms with Gasteiger partial charge < -0.3 is 5.11 Å². The number of benzene rings is 3. The normalized spacial score (nSPS) is 13.0. The average molecular weight is 276 g/mol. The predicted molar refractivity (Wildman–Crippen MR) is 80.9 cm³/mol. The van der Waals surface area contributed by atoms with Crippen LogP contribution in [0.1, 0.15) is 22.6 Å². The summed E-state index contributed by atoms with van der Waals surface area (Å²) >= 11 is 0. The quantitative estimate of drug-likeness (QED) is 0.534. The third kappa shape index (κ3) is 1.76. The second kappa shape index (κ2) is 4.45.